The molecule has 0 spiro atoms. The van der Waals surface area contributed by atoms with Crippen molar-refractivity contribution in [1.29, 1.82) is 0 Å². The van der Waals surface area contributed by atoms with Gasteiger partial charge in [0.2, 0.25) is 10.0 Å². The molecular weight excluding hydrogens is 384 g/mol. The molecule has 0 aliphatic carbocycles. The maximum atomic E-state index is 13.3. The fraction of sp³-hybridized carbons (Fsp3) is 0.368. The zero-order valence-corrected chi connectivity index (χ0v) is 16.1. The molecule has 1 N–H and O–H groups in total. The third kappa shape index (κ3) is 3.00. The van der Waals surface area contributed by atoms with Crippen molar-refractivity contribution in [2.45, 2.75) is 23.8 Å². The summed E-state index contributed by atoms with van der Waals surface area (Å²) >= 11 is 0. The van der Waals surface area contributed by atoms with E-state index >= 15 is 0 Å². The molecule has 0 amide bonds. The highest BCUT2D eigenvalue weighted by Gasteiger charge is 2.40. The summed E-state index contributed by atoms with van der Waals surface area (Å²) in [6.07, 6.45) is 0.821. The highest BCUT2D eigenvalue weighted by atomic mass is 32.2. The maximum absolute atomic E-state index is 13.3. The molecule has 0 unspecified atom stereocenters. The number of rotatable bonds is 4. The van der Waals surface area contributed by atoms with Crippen LogP contribution in [0.2, 0.25) is 0 Å². The van der Waals surface area contributed by atoms with E-state index in [1.165, 1.54) is 29.6 Å². The number of ether oxygens (including phenoxy) is 1. The summed E-state index contributed by atoms with van der Waals surface area (Å²) in [7, 11) is -2.61. The average molecular weight is 404 g/mol. The van der Waals surface area contributed by atoms with Crippen molar-refractivity contribution in [1.82, 2.24) is 8.87 Å². The number of carbonyl (C=O) groups is 1. The van der Waals surface area contributed by atoms with Gasteiger partial charge in [0.1, 0.15) is 10.6 Å². The second-order valence-corrected chi connectivity index (χ2v) is 9.10. The monoisotopic (exact) mass is 404 g/mol. The molecule has 3 heterocycles. The van der Waals surface area contributed by atoms with Crippen LogP contribution in [0.15, 0.2) is 46.1 Å². The number of methoxy groups -OCH3 is 1. The molecule has 148 valence electrons. The molecule has 0 saturated carbocycles. The van der Waals surface area contributed by atoms with Crippen molar-refractivity contribution in [3.63, 3.8) is 0 Å². The van der Waals surface area contributed by atoms with E-state index in [1.807, 2.05) is 6.07 Å². The Morgan fingerprint density at radius 2 is 1.96 bits per heavy atom. The summed E-state index contributed by atoms with van der Waals surface area (Å²) in [5.41, 5.74) is 0.655. The van der Waals surface area contributed by atoms with Gasteiger partial charge in [0, 0.05) is 37.3 Å². The van der Waals surface area contributed by atoms with Gasteiger partial charge in [-0.15, -0.1) is 0 Å². The molecule has 2 aliphatic heterocycles. The number of piperidine rings is 1. The van der Waals surface area contributed by atoms with E-state index in [9.17, 15) is 23.1 Å². The van der Waals surface area contributed by atoms with E-state index in [-0.39, 0.29) is 46.7 Å². The van der Waals surface area contributed by atoms with Crippen LogP contribution >= 0.6 is 0 Å². The Balaban J connectivity index is 1.74. The summed E-state index contributed by atoms with van der Waals surface area (Å²) in [6.45, 7) is 0.993. The van der Waals surface area contributed by atoms with Gasteiger partial charge in [-0.2, -0.15) is 4.31 Å². The van der Waals surface area contributed by atoms with Crippen molar-refractivity contribution in [3.05, 3.63) is 58.0 Å². The highest BCUT2D eigenvalue weighted by Crippen LogP contribution is 2.38. The lowest BCUT2D eigenvalue weighted by atomic mass is 9.84. The molecule has 2 aromatic rings. The van der Waals surface area contributed by atoms with Crippen molar-refractivity contribution in [2.75, 3.05) is 20.2 Å². The van der Waals surface area contributed by atoms with Gasteiger partial charge in [0.25, 0.3) is 5.56 Å². The Hall–Kier alpha value is -2.65. The summed E-state index contributed by atoms with van der Waals surface area (Å²) < 4.78 is 35.0. The lowest BCUT2D eigenvalue weighted by molar-refractivity contribution is 0.0696. The maximum Gasteiger partial charge on any atom is 0.335 e. The number of carboxylic acids is 1. The van der Waals surface area contributed by atoms with Crippen molar-refractivity contribution in [3.8, 4) is 5.75 Å². The lowest BCUT2D eigenvalue weighted by Crippen LogP contribution is -2.49. The van der Waals surface area contributed by atoms with Crippen LogP contribution in [0.1, 0.15) is 28.4 Å². The van der Waals surface area contributed by atoms with E-state index in [0.717, 1.165) is 18.2 Å². The van der Waals surface area contributed by atoms with Gasteiger partial charge < -0.3 is 14.4 Å². The number of fused-ring (bicyclic) bond motifs is 4. The second kappa shape index (κ2) is 6.75. The van der Waals surface area contributed by atoms with Gasteiger partial charge in [-0.05, 0) is 36.6 Å². The minimum Gasteiger partial charge on any atom is -0.495 e. The zero-order valence-electron chi connectivity index (χ0n) is 15.2. The number of hydrogen-bond acceptors (Lipinski definition) is 5. The molecule has 1 saturated heterocycles. The molecule has 8 nitrogen and oxygen atoms in total. The first-order valence-electron chi connectivity index (χ1n) is 8.92. The highest BCUT2D eigenvalue weighted by molar-refractivity contribution is 7.89. The molecule has 1 aromatic heterocycles. The van der Waals surface area contributed by atoms with Crippen LogP contribution in [0.3, 0.4) is 0 Å². The Bertz CT molecular complexity index is 1110. The predicted molar refractivity (Wildman–Crippen MR) is 100 cm³/mol. The normalized spacial score (nSPS) is 21.8. The number of carboxylic acid groups (broad SMARTS) is 1. The van der Waals surface area contributed by atoms with E-state index in [1.54, 1.807) is 10.6 Å². The second-order valence-electron chi connectivity index (χ2n) is 7.19. The Morgan fingerprint density at radius 3 is 2.68 bits per heavy atom. The van der Waals surface area contributed by atoms with E-state index in [2.05, 4.69) is 0 Å². The van der Waals surface area contributed by atoms with Crippen LogP contribution in [0.5, 0.6) is 5.75 Å². The predicted octanol–water partition coefficient (Wildman–Crippen LogP) is 1.36. The van der Waals surface area contributed by atoms with Gasteiger partial charge in [-0.1, -0.05) is 6.07 Å². The van der Waals surface area contributed by atoms with E-state index < -0.39 is 16.0 Å². The number of benzene rings is 1. The van der Waals surface area contributed by atoms with E-state index in [0.29, 0.717) is 6.54 Å². The zero-order chi connectivity index (χ0) is 20.1. The van der Waals surface area contributed by atoms with Gasteiger partial charge in [-0.25, -0.2) is 13.2 Å². The van der Waals surface area contributed by atoms with Crippen LogP contribution < -0.4 is 10.3 Å². The quantitative estimate of drug-likeness (QED) is 0.825. The number of sulfonamides is 1. The van der Waals surface area contributed by atoms with Gasteiger partial charge >= 0.3 is 5.97 Å². The van der Waals surface area contributed by atoms with Gasteiger partial charge in [0.05, 0.1) is 12.7 Å². The summed E-state index contributed by atoms with van der Waals surface area (Å²) in [5.74, 6) is -1.15. The molecule has 9 heteroatoms. The molecular formula is C19H20N2O6S. The third-order valence-corrected chi connectivity index (χ3v) is 7.33. The molecule has 1 aromatic carbocycles. The molecule has 1 fully saturated rings. The van der Waals surface area contributed by atoms with Crippen molar-refractivity contribution in [2.24, 2.45) is 5.92 Å². The molecule has 0 radical (unpaired) electrons. The number of nitrogens with zero attached hydrogens (tertiary/aromatic N) is 2. The number of pyridine rings is 1. The Morgan fingerprint density at radius 1 is 1.18 bits per heavy atom. The van der Waals surface area contributed by atoms with Crippen molar-refractivity contribution < 1.29 is 23.1 Å². The van der Waals surface area contributed by atoms with Crippen LogP contribution in [0, 0.1) is 5.92 Å². The van der Waals surface area contributed by atoms with Crippen molar-refractivity contribution >= 4 is 16.0 Å². The summed E-state index contributed by atoms with van der Waals surface area (Å²) in [4.78, 5) is 23.3. The van der Waals surface area contributed by atoms with Crippen LogP contribution in [-0.4, -0.2) is 48.6 Å². The SMILES string of the molecule is COc1ccc(C(=O)O)cc1S(=O)(=O)N1C[C@H]2C[C@@H](C1)c1cccc(=O)n1C2. The van der Waals surface area contributed by atoms with Crippen LogP contribution in [-0.2, 0) is 16.6 Å². The minimum atomic E-state index is -3.96. The molecule has 2 atom stereocenters. The first-order chi connectivity index (χ1) is 13.3. The molecule has 4 rings (SSSR count). The Kier molecular flexibility index (Phi) is 4.51. The standard InChI is InChI=1S/C19H20N2O6S/c1-27-16-6-5-13(19(23)24)8-17(16)28(25,26)20-9-12-7-14(11-20)15-3-2-4-18(22)21(15)10-12/h2-6,8,12,14H,7,9-11H2,1H3,(H,23,24)/t12-,14+/m1/s1. The van der Waals surface area contributed by atoms with E-state index in [4.69, 9.17) is 4.74 Å². The number of aromatic nitrogens is 1. The third-order valence-electron chi connectivity index (χ3n) is 5.47. The number of hydrogen-bond donors (Lipinski definition) is 1. The first kappa shape index (κ1) is 18.7. The first-order valence-corrected chi connectivity index (χ1v) is 10.4. The average Bonchev–Trinajstić information content (AvgIpc) is 2.68. The van der Waals surface area contributed by atoms with Crippen LogP contribution in [0.4, 0.5) is 0 Å². The molecule has 2 bridgehead atoms. The topological polar surface area (TPSA) is 106 Å². The smallest absolute Gasteiger partial charge is 0.335 e. The summed E-state index contributed by atoms with van der Waals surface area (Å²) in [6, 6.07) is 8.88. The lowest BCUT2D eigenvalue weighted by Gasteiger charge is -2.42. The molecule has 2 aliphatic rings. The fourth-order valence-corrected chi connectivity index (χ4v) is 5.94. The fourth-order valence-electron chi connectivity index (χ4n) is 4.20. The Labute approximate surface area is 162 Å². The minimum absolute atomic E-state index is 0.0229. The number of aromatic carboxylic acids is 1. The summed E-state index contributed by atoms with van der Waals surface area (Å²) in [5, 5.41) is 9.23. The van der Waals surface area contributed by atoms with Gasteiger partial charge in [0.15, 0.2) is 0 Å². The van der Waals surface area contributed by atoms with Gasteiger partial charge in [-0.3, -0.25) is 4.79 Å². The van der Waals surface area contributed by atoms with Crippen LogP contribution in [0.25, 0.3) is 0 Å². The molecule has 28 heavy (non-hydrogen) atoms. The largest absolute Gasteiger partial charge is 0.495 e.